The topological polar surface area (TPSA) is 87.3 Å². The smallest absolute Gasteiger partial charge is 0.319 e. The van der Waals surface area contributed by atoms with Gasteiger partial charge in [-0.1, -0.05) is 47.5 Å². The summed E-state index contributed by atoms with van der Waals surface area (Å²) in [7, 11) is -1.93. The highest BCUT2D eigenvalue weighted by Crippen LogP contribution is 2.25. The van der Waals surface area contributed by atoms with Gasteiger partial charge in [-0.25, -0.2) is 17.9 Å². The van der Waals surface area contributed by atoms with Gasteiger partial charge in [0.2, 0.25) is 10.0 Å². The Morgan fingerprint density at radius 3 is 2.28 bits per heavy atom. The van der Waals surface area contributed by atoms with Gasteiger partial charge < -0.3 is 10.6 Å². The zero-order valence-corrected chi connectivity index (χ0v) is 15.7. The summed E-state index contributed by atoms with van der Waals surface area (Å²) >= 11 is 11.8. The van der Waals surface area contributed by atoms with E-state index in [2.05, 4.69) is 15.4 Å². The van der Waals surface area contributed by atoms with E-state index in [9.17, 15) is 13.2 Å². The third kappa shape index (κ3) is 6.21. The Hall–Kier alpha value is -1.80. The third-order valence-electron chi connectivity index (χ3n) is 3.32. The van der Waals surface area contributed by atoms with E-state index in [1.54, 1.807) is 36.4 Å². The molecule has 0 fully saturated rings. The highest BCUT2D eigenvalue weighted by molar-refractivity contribution is 7.88. The van der Waals surface area contributed by atoms with E-state index in [4.69, 9.17) is 23.2 Å². The van der Waals surface area contributed by atoms with Gasteiger partial charge in [0, 0.05) is 11.6 Å². The molecule has 2 aromatic rings. The molecule has 0 saturated carbocycles. The van der Waals surface area contributed by atoms with Gasteiger partial charge in [-0.15, -0.1) is 0 Å². The van der Waals surface area contributed by atoms with Crippen molar-refractivity contribution in [3.8, 4) is 0 Å². The normalized spacial score (nSPS) is 11.2. The maximum atomic E-state index is 11.9. The summed E-state index contributed by atoms with van der Waals surface area (Å²) in [6.45, 7) is 0.288. The van der Waals surface area contributed by atoms with E-state index in [0.717, 1.165) is 5.56 Å². The number of carbonyl (C=O) groups excluding carboxylic acids is 1. The first-order chi connectivity index (χ1) is 11.8. The second-order valence-corrected chi connectivity index (χ2v) is 7.98. The van der Waals surface area contributed by atoms with Gasteiger partial charge in [0.15, 0.2) is 0 Å². The lowest BCUT2D eigenvalue weighted by atomic mass is 10.1. The minimum atomic E-state index is -3.30. The molecule has 2 amide bonds. The van der Waals surface area contributed by atoms with Crippen LogP contribution in [0.5, 0.6) is 0 Å². The number of halogens is 2. The molecular weight excluding hydrogens is 385 g/mol. The van der Waals surface area contributed by atoms with Crippen LogP contribution in [0.3, 0.4) is 0 Å². The molecule has 0 saturated heterocycles. The fraction of sp³-hybridized carbons (Fsp3) is 0.188. The van der Waals surface area contributed by atoms with Crippen LogP contribution in [0, 0.1) is 0 Å². The Kier molecular flexibility index (Phi) is 6.66. The number of amides is 2. The first-order valence-corrected chi connectivity index (χ1v) is 9.69. The van der Waals surface area contributed by atoms with Crippen molar-refractivity contribution >= 4 is 44.9 Å². The van der Waals surface area contributed by atoms with Crippen molar-refractivity contribution in [3.63, 3.8) is 0 Å². The van der Waals surface area contributed by atoms with Gasteiger partial charge in [0.05, 0.1) is 16.5 Å². The Balaban J connectivity index is 1.89. The minimum Gasteiger partial charge on any atom is -0.334 e. The highest BCUT2D eigenvalue weighted by Gasteiger charge is 2.09. The van der Waals surface area contributed by atoms with Gasteiger partial charge in [-0.3, -0.25) is 0 Å². The van der Waals surface area contributed by atoms with Crippen molar-refractivity contribution in [3.05, 3.63) is 63.6 Å². The fourth-order valence-corrected chi connectivity index (χ4v) is 3.22. The molecule has 9 heteroatoms. The summed E-state index contributed by atoms with van der Waals surface area (Å²) in [6, 6.07) is 11.3. The summed E-state index contributed by atoms with van der Waals surface area (Å²) in [5.41, 5.74) is 1.95. The molecular formula is C16H17Cl2N3O3S. The van der Waals surface area contributed by atoms with Crippen LogP contribution in [-0.4, -0.2) is 21.5 Å². The predicted molar refractivity (Wildman–Crippen MR) is 100 cm³/mol. The number of rotatable bonds is 6. The average Bonchev–Trinajstić information content (AvgIpc) is 2.56. The zero-order chi connectivity index (χ0) is 18.4. The molecule has 2 rings (SSSR count). The molecule has 0 aliphatic carbocycles. The van der Waals surface area contributed by atoms with Crippen molar-refractivity contribution in [1.82, 2.24) is 10.0 Å². The Labute approximate surface area is 156 Å². The van der Waals surface area contributed by atoms with Gasteiger partial charge in [-0.2, -0.15) is 0 Å². The van der Waals surface area contributed by atoms with Crippen molar-refractivity contribution in [2.75, 3.05) is 12.4 Å². The van der Waals surface area contributed by atoms with Gasteiger partial charge in [0.25, 0.3) is 0 Å². The lowest BCUT2D eigenvalue weighted by Gasteiger charge is -2.10. The van der Waals surface area contributed by atoms with Crippen LogP contribution in [-0.2, 0) is 22.3 Å². The average molecular weight is 402 g/mol. The molecule has 0 unspecified atom stereocenters. The van der Waals surface area contributed by atoms with E-state index in [0.29, 0.717) is 21.3 Å². The number of sulfonamides is 1. The van der Waals surface area contributed by atoms with E-state index >= 15 is 0 Å². The number of nitrogens with one attached hydrogen (secondary N) is 3. The van der Waals surface area contributed by atoms with Crippen LogP contribution in [0.25, 0.3) is 0 Å². The first kappa shape index (κ1) is 19.5. The lowest BCUT2D eigenvalue weighted by molar-refractivity contribution is 0.251. The van der Waals surface area contributed by atoms with Crippen LogP contribution < -0.4 is 15.4 Å². The third-order valence-corrected chi connectivity index (χ3v) is 5.21. The molecule has 0 heterocycles. The van der Waals surface area contributed by atoms with Crippen molar-refractivity contribution in [2.45, 2.75) is 12.3 Å². The molecule has 134 valence electrons. The molecule has 2 aromatic carbocycles. The molecule has 25 heavy (non-hydrogen) atoms. The number of carbonyl (C=O) groups is 1. The largest absolute Gasteiger partial charge is 0.334 e. The highest BCUT2D eigenvalue weighted by atomic mass is 35.5. The van der Waals surface area contributed by atoms with Crippen molar-refractivity contribution in [1.29, 1.82) is 0 Å². The van der Waals surface area contributed by atoms with Crippen molar-refractivity contribution in [2.24, 2.45) is 0 Å². The maximum absolute atomic E-state index is 11.9. The molecule has 0 atom stereocenters. The zero-order valence-electron chi connectivity index (χ0n) is 13.3. The molecule has 0 aliphatic rings. The Morgan fingerprint density at radius 2 is 1.68 bits per heavy atom. The SMILES string of the molecule is CNS(=O)(=O)Cc1ccc(CNC(=O)Nc2ccc(Cl)cc2Cl)cc1. The summed E-state index contributed by atoms with van der Waals surface area (Å²) < 4.78 is 25.3. The Morgan fingerprint density at radius 1 is 1.04 bits per heavy atom. The Bertz CT molecular complexity index is 855. The maximum Gasteiger partial charge on any atom is 0.319 e. The first-order valence-electron chi connectivity index (χ1n) is 7.28. The number of anilines is 1. The number of urea groups is 1. The van der Waals surface area contributed by atoms with Crippen LogP contribution in [0.15, 0.2) is 42.5 Å². The van der Waals surface area contributed by atoms with E-state index in [1.807, 2.05) is 0 Å². The fourth-order valence-electron chi connectivity index (χ4n) is 1.98. The summed E-state index contributed by atoms with van der Waals surface area (Å²) in [5, 5.41) is 6.15. The molecule has 0 radical (unpaired) electrons. The number of benzene rings is 2. The van der Waals surface area contributed by atoms with Crippen LogP contribution in [0.4, 0.5) is 10.5 Å². The lowest BCUT2D eigenvalue weighted by Crippen LogP contribution is -2.28. The molecule has 3 N–H and O–H groups in total. The van der Waals surface area contributed by atoms with Gasteiger partial charge in [-0.05, 0) is 36.4 Å². The molecule has 0 aliphatic heterocycles. The summed E-state index contributed by atoms with van der Waals surface area (Å²) in [6.07, 6.45) is 0. The van der Waals surface area contributed by atoms with Crippen LogP contribution in [0.2, 0.25) is 10.0 Å². The predicted octanol–water partition coefficient (Wildman–Crippen LogP) is 3.36. The molecule has 0 spiro atoms. The minimum absolute atomic E-state index is 0.0905. The monoisotopic (exact) mass is 401 g/mol. The quantitative estimate of drug-likeness (QED) is 0.693. The number of hydrogen-bond acceptors (Lipinski definition) is 3. The van der Waals surface area contributed by atoms with E-state index < -0.39 is 16.1 Å². The summed E-state index contributed by atoms with van der Waals surface area (Å²) in [4.78, 5) is 11.9. The van der Waals surface area contributed by atoms with E-state index in [-0.39, 0.29) is 12.3 Å². The standard InChI is InChI=1S/C16H17Cl2N3O3S/c1-19-25(23,24)10-12-4-2-11(3-5-12)9-20-16(22)21-15-7-6-13(17)8-14(15)18/h2-8,19H,9-10H2,1H3,(H2,20,21,22). The summed E-state index contributed by atoms with van der Waals surface area (Å²) in [5.74, 6) is -0.0905. The van der Waals surface area contributed by atoms with Gasteiger partial charge in [0.1, 0.15) is 0 Å². The molecule has 0 aromatic heterocycles. The molecule has 6 nitrogen and oxygen atoms in total. The molecule has 0 bridgehead atoms. The van der Waals surface area contributed by atoms with Crippen LogP contribution in [0.1, 0.15) is 11.1 Å². The van der Waals surface area contributed by atoms with Crippen LogP contribution >= 0.6 is 23.2 Å². The van der Waals surface area contributed by atoms with Crippen molar-refractivity contribution < 1.29 is 13.2 Å². The second kappa shape index (κ2) is 8.53. The van der Waals surface area contributed by atoms with E-state index in [1.165, 1.54) is 13.1 Å². The van der Waals surface area contributed by atoms with Gasteiger partial charge >= 0.3 is 6.03 Å². The number of hydrogen-bond donors (Lipinski definition) is 3. The second-order valence-electron chi connectivity index (χ2n) is 5.21.